The van der Waals surface area contributed by atoms with E-state index in [-0.39, 0.29) is 12.0 Å². The first-order valence-corrected chi connectivity index (χ1v) is 7.28. The Balaban J connectivity index is 1.69. The Morgan fingerprint density at radius 2 is 2.30 bits per heavy atom. The molecule has 0 radical (unpaired) electrons. The fourth-order valence-electron chi connectivity index (χ4n) is 2.22. The average Bonchev–Trinajstić information content (AvgIpc) is 2.85. The van der Waals surface area contributed by atoms with E-state index < -0.39 is 0 Å². The molecular weight excluding hydrogens is 254 g/mol. The second-order valence-electron chi connectivity index (χ2n) is 5.34. The van der Waals surface area contributed by atoms with Crippen LogP contribution in [-0.4, -0.2) is 31.8 Å². The van der Waals surface area contributed by atoms with Crippen LogP contribution < -0.4 is 10.1 Å². The molecule has 1 aliphatic rings. The van der Waals surface area contributed by atoms with Crippen molar-refractivity contribution in [2.24, 2.45) is 0 Å². The number of fused-ring (bicyclic) bond motifs is 1. The fraction of sp³-hybridized carbons (Fsp3) is 0.562. The first-order chi connectivity index (χ1) is 9.65. The van der Waals surface area contributed by atoms with Crippen LogP contribution in [0.5, 0.6) is 5.75 Å². The Hall–Kier alpha value is -1.55. The van der Waals surface area contributed by atoms with Crippen LogP contribution in [0.4, 0.5) is 0 Å². The highest BCUT2D eigenvalue weighted by Gasteiger charge is 2.13. The van der Waals surface area contributed by atoms with Crippen molar-refractivity contribution in [1.29, 1.82) is 0 Å². The van der Waals surface area contributed by atoms with E-state index in [1.807, 2.05) is 26.0 Å². The van der Waals surface area contributed by atoms with Gasteiger partial charge in [-0.1, -0.05) is 12.1 Å². The molecule has 0 atom stereocenters. The summed E-state index contributed by atoms with van der Waals surface area (Å²) in [5.41, 5.74) is 2.26. The maximum Gasteiger partial charge on any atom is 0.224 e. The molecule has 1 aliphatic heterocycles. The zero-order valence-electron chi connectivity index (χ0n) is 12.3. The summed E-state index contributed by atoms with van der Waals surface area (Å²) in [6.07, 6.45) is 2.47. The van der Waals surface area contributed by atoms with Crippen LogP contribution in [0.25, 0.3) is 0 Å². The number of carbonyl (C=O) groups is 1. The molecular formula is C16H23NO3. The number of benzene rings is 1. The average molecular weight is 277 g/mol. The largest absolute Gasteiger partial charge is 0.493 e. The molecule has 1 aromatic carbocycles. The molecule has 20 heavy (non-hydrogen) atoms. The van der Waals surface area contributed by atoms with Gasteiger partial charge in [0.05, 0.1) is 19.1 Å². The predicted molar refractivity (Wildman–Crippen MR) is 78.1 cm³/mol. The summed E-state index contributed by atoms with van der Waals surface area (Å²) < 4.78 is 10.9. The van der Waals surface area contributed by atoms with Gasteiger partial charge in [0.1, 0.15) is 5.75 Å². The minimum Gasteiger partial charge on any atom is -0.493 e. The Morgan fingerprint density at radius 1 is 1.45 bits per heavy atom. The molecule has 1 aromatic rings. The maximum atomic E-state index is 11.8. The molecule has 110 valence electrons. The number of ether oxygens (including phenoxy) is 2. The standard InChI is InChI=1S/C16H23NO3/c1-12(2)19-8-3-7-17-16(18)11-13-4-5-15-14(10-13)6-9-20-15/h4-5,10,12H,3,6-9,11H2,1-2H3,(H,17,18). The Kier molecular flexibility index (Phi) is 5.41. The third-order valence-corrected chi connectivity index (χ3v) is 3.21. The van der Waals surface area contributed by atoms with Crippen molar-refractivity contribution in [3.05, 3.63) is 29.3 Å². The first-order valence-electron chi connectivity index (χ1n) is 7.28. The van der Waals surface area contributed by atoms with Crippen LogP contribution in [-0.2, 0) is 22.4 Å². The lowest BCUT2D eigenvalue weighted by atomic mass is 10.1. The zero-order chi connectivity index (χ0) is 14.4. The molecule has 0 saturated carbocycles. The lowest BCUT2D eigenvalue weighted by Gasteiger charge is -2.08. The van der Waals surface area contributed by atoms with Gasteiger partial charge in [-0.05, 0) is 37.5 Å². The van der Waals surface area contributed by atoms with Gasteiger partial charge in [-0.25, -0.2) is 0 Å². The third kappa shape index (κ3) is 4.53. The second kappa shape index (κ2) is 7.29. The third-order valence-electron chi connectivity index (χ3n) is 3.21. The minimum atomic E-state index is 0.0633. The number of nitrogens with one attached hydrogen (secondary N) is 1. The molecule has 2 rings (SSSR count). The molecule has 0 aromatic heterocycles. The summed E-state index contributed by atoms with van der Waals surface area (Å²) in [6.45, 7) is 6.13. The molecule has 1 heterocycles. The van der Waals surface area contributed by atoms with Crippen LogP contribution in [0, 0.1) is 0 Å². The van der Waals surface area contributed by atoms with E-state index in [1.54, 1.807) is 0 Å². The normalized spacial score (nSPS) is 13.2. The maximum absolute atomic E-state index is 11.8. The Labute approximate surface area is 120 Å². The molecule has 0 aliphatic carbocycles. The summed E-state index contributed by atoms with van der Waals surface area (Å²) in [4.78, 5) is 11.8. The quantitative estimate of drug-likeness (QED) is 0.776. The molecule has 1 amide bonds. The van der Waals surface area contributed by atoms with Crippen molar-refractivity contribution in [3.63, 3.8) is 0 Å². The van der Waals surface area contributed by atoms with Gasteiger partial charge in [0, 0.05) is 19.6 Å². The van der Waals surface area contributed by atoms with Crippen molar-refractivity contribution < 1.29 is 14.3 Å². The summed E-state index contributed by atoms with van der Waals surface area (Å²) in [5, 5.41) is 2.92. The van der Waals surface area contributed by atoms with Crippen molar-refractivity contribution >= 4 is 5.91 Å². The van der Waals surface area contributed by atoms with Gasteiger partial charge in [0.15, 0.2) is 0 Å². The summed E-state index contributed by atoms with van der Waals surface area (Å²) in [7, 11) is 0. The van der Waals surface area contributed by atoms with Gasteiger partial charge >= 0.3 is 0 Å². The van der Waals surface area contributed by atoms with Crippen molar-refractivity contribution in [3.8, 4) is 5.75 Å². The van der Waals surface area contributed by atoms with E-state index in [0.29, 0.717) is 19.6 Å². The lowest BCUT2D eigenvalue weighted by Crippen LogP contribution is -2.27. The van der Waals surface area contributed by atoms with Gasteiger partial charge in [-0.2, -0.15) is 0 Å². The van der Waals surface area contributed by atoms with E-state index in [1.165, 1.54) is 5.56 Å². The van der Waals surface area contributed by atoms with E-state index in [9.17, 15) is 4.79 Å². The summed E-state index contributed by atoms with van der Waals surface area (Å²) in [5.74, 6) is 1.02. The predicted octanol–water partition coefficient (Wildman–Crippen LogP) is 2.10. The molecule has 0 spiro atoms. The Morgan fingerprint density at radius 3 is 3.10 bits per heavy atom. The van der Waals surface area contributed by atoms with Crippen LogP contribution in [0.1, 0.15) is 31.4 Å². The van der Waals surface area contributed by atoms with E-state index in [0.717, 1.165) is 30.8 Å². The highest BCUT2D eigenvalue weighted by atomic mass is 16.5. The number of amides is 1. The highest BCUT2D eigenvalue weighted by Crippen LogP contribution is 2.25. The van der Waals surface area contributed by atoms with Crippen molar-refractivity contribution in [2.45, 2.75) is 39.2 Å². The molecule has 0 saturated heterocycles. The van der Waals surface area contributed by atoms with Crippen LogP contribution in [0.3, 0.4) is 0 Å². The topological polar surface area (TPSA) is 47.6 Å². The smallest absolute Gasteiger partial charge is 0.224 e. The van der Waals surface area contributed by atoms with Crippen LogP contribution in [0.2, 0.25) is 0 Å². The number of rotatable bonds is 7. The van der Waals surface area contributed by atoms with Gasteiger partial charge in [0.25, 0.3) is 0 Å². The van der Waals surface area contributed by atoms with Crippen molar-refractivity contribution in [1.82, 2.24) is 5.32 Å². The van der Waals surface area contributed by atoms with E-state index in [4.69, 9.17) is 9.47 Å². The molecule has 0 unspecified atom stereocenters. The second-order valence-corrected chi connectivity index (χ2v) is 5.34. The van der Waals surface area contributed by atoms with Crippen LogP contribution in [0.15, 0.2) is 18.2 Å². The van der Waals surface area contributed by atoms with Gasteiger partial charge in [0.2, 0.25) is 5.91 Å². The summed E-state index contributed by atoms with van der Waals surface area (Å²) >= 11 is 0. The van der Waals surface area contributed by atoms with Gasteiger partial charge in [-0.3, -0.25) is 4.79 Å². The highest BCUT2D eigenvalue weighted by molar-refractivity contribution is 5.78. The number of carbonyl (C=O) groups excluding carboxylic acids is 1. The zero-order valence-corrected chi connectivity index (χ0v) is 12.3. The fourth-order valence-corrected chi connectivity index (χ4v) is 2.22. The first kappa shape index (κ1) is 14.9. The van der Waals surface area contributed by atoms with E-state index >= 15 is 0 Å². The lowest BCUT2D eigenvalue weighted by molar-refractivity contribution is -0.120. The van der Waals surface area contributed by atoms with Gasteiger partial charge in [-0.15, -0.1) is 0 Å². The molecule has 4 heteroatoms. The molecule has 1 N–H and O–H groups in total. The van der Waals surface area contributed by atoms with E-state index in [2.05, 4.69) is 11.4 Å². The monoisotopic (exact) mass is 277 g/mol. The van der Waals surface area contributed by atoms with Crippen molar-refractivity contribution in [2.75, 3.05) is 19.8 Å². The van der Waals surface area contributed by atoms with Crippen LogP contribution >= 0.6 is 0 Å². The number of hydrogen-bond acceptors (Lipinski definition) is 3. The minimum absolute atomic E-state index is 0.0633. The number of hydrogen-bond donors (Lipinski definition) is 1. The molecule has 4 nitrogen and oxygen atoms in total. The summed E-state index contributed by atoms with van der Waals surface area (Å²) in [6, 6.07) is 6.00. The SMILES string of the molecule is CC(C)OCCCNC(=O)Cc1ccc2c(c1)CCO2. The van der Waals surface area contributed by atoms with Gasteiger partial charge < -0.3 is 14.8 Å². The Bertz CT molecular complexity index is 457. The molecule has 0 bridgehead atoms. The molecule has 0 fully saturated rings.